The number of hydrogen-bond acceptors (Lipinski definition) is 9. The minimum absolute atomic E-state index is 0.0545. The third-order valence-corrected chi connectivity index (χ3v) is 8.61. The first kappa shape index (κ1) is 29.5. The van der Waals surface area contributed by atoms with Crippen LogP contribution in [0.4, 0.5) is 5.13 Å². The number of ether oxygens (including phenoxy) is 4. The molecule has 9 nitrogen and oxygen atoms in total. The van der Waals surface area contributed by atoms with Crippen LogP contribution in [0.5, 0.6) is 23.0 Å². The standard InChI is InChI=1S/C34H34N2O7S/c1-4-6-7-14-41-24-12-9-21(18-26(24)40-5-2)30-29(31(37)22-10-13-25-27(19-22)43-16-15-42-25)32(38)33(39)36(30)34-35-23-11-8-20(3)17-28(23)44-34/h8-13,17-19,30,37H,4-7,14-16H2,1-3H3. The van der Waals surface area contributed by atoms with Crippen LogP contribution in [0.3, 0.4) is 0 Å². The van der Waals surface area contributed by atoms with Gasteiger partial charge in [-0.2, -0.15) is 0 Å². The molecule has 0 bridgehead atoms. The summed E-state index contributed by atoms with van der Waals surface area (Å²) in [4.78, 5) is 33.7. The van der Waals surface area contributed by atoms with Crippen LogP contribution < -0.4 is 23.8 Å². The fourth-order valence-electron chi connectivity index (χ4n) is 5.43. The molecule has 44 heavy (non-hydrogen) atoms. The number of fused-ring (bicyclic) bond motifs is 2. The van der Waals surface area contributed by atoms with Crippen LogP contribution in [0.15, 0.2) is 60.2 Å². The first-order valence-corrected chi connectivity index (χ1v) is 15.7. The van der Waals surface area contributed by atoms with Crippen LogP contribution in [0.1, 0.15) is 55.8 Å². The summed E-state index contributed by atoms with van der Waals surface area (Å²) < 4.78 is 24.2. The predicted octanol–water partition coefficient (Wildman–Crippen LogP) is 6.97. The molecule has 0 spiro atoms. The quantitative estimate of drug-likeness (QED) is 0.0883. The molecule has 0 saturated carbocycles. The van der Waals surface area contributed by atoms with Crippen molar-refractivity contribution in [2.24, 2.45) is 0 Å². The van der Waals surface area contributed by atoms with E-state index in [1.807, 2.05) is 32.0 Å². The molecule has 1 N–H and O–H groups in total. The number of aliphatic hydroxyl groups is 1. The lowest BCUT2D eigenvalue weighted by atomic mass is 9.95. The van der Waals surface area contributed by atoms with E-state index in [9.17, 15) is 14.7 Å². The molecule has 1 fully saturated rings. The molecule has 228 valence electrons. The normalized spacial score (nSPS) is 17.3. The zero-order valence-corrected chi connectivity index (χ0v) is 25.7. The van der Waals surface area contributed by atoms with Crippen LogP contribution in [-0.2, 0) is 9.59 Å². The summed E-state index contributed by atoms with van der Waals surface area (Å²) in [5.74, 6) is 0.166. The molecule has 1 atom stereocenters. The van der Waals surface area contributed by atoms with Crippen LogP contribution >= 0.6 is 11.3 Å². The Morgan fingerprint density at radius 1 is 0.977 bits per heavy atom. The number of aryl methyl sites for hydroxylation is 1. The number of unbranched alkanes of at least 4 members (excludes halogenated alkanes) is 2. The monoisotopic (exact) mass is 614 g/mol. The van der Waals surface area contributed by atoms with Crippen molar-refractivity contribution in [1.82, 2.24) is 4.98 Å². The molecule has 1 aromatic heterocycles. The number of aromatic nitrogens is 1. The topological polar surface area (TPSA) is 107 Å². The van der Waals surface area contributed by atoms with Crippen LogP contribution in [0.25, 0.3) is 16.0 Å². The van der Waals surface area contributed by atoms with Crippen molar-refractivity contribution in [3.05, 3.63) is 76.9 Å². The Bertz CT molecular complexity index is 1760. The summed E-state index contributed by atoms with van der Waals surface area (Å²) in [5, 5.41) is 12.0. The molecule has 3 heterocycles. The SMILES string of the molecule is CCCCCOc1ccc(C2C(=C(O)c3ccc4c(c3)OCCO4)C(=O)C(=O)N2c2nc3ccc(C)cc3s2)cc1OCC. The predicted molar refractivity (Wildman–Crippen MR) is 169 cm³/mol. The van der Waals surface area contributed by atoms with Crippen molar-refractivity contribution in [2.45, 2.75) is 46.1 Å². The molecular formula is C34H34N2O7S. The lowest BCUT2D eigenvalue weighted by molar-refractivity contribution is -0.132. The van der Waals surface area contributed by atoms with Gasteiger partial charge in [-0.05, 0) is 73.9 Å². The molecule has 3 aromatic carbocycles. The maximum Gasteiger partial charge on any atom is 0.301 e. The second kappa shape index (κ2) is 12.6. The van der Waals surface area contributed by atoms with E-state index in [0.29, 0.717) is 71.2 Å². The summed E-state index contributed by atoms with van der Waals surface area (Å²) >= 11 is 1.32. The Hall–Kier alpha value is -4.57. The smallest absolute Gasteiger partial charge is 0.301 e. The number of Topliss-reactive ketones (excluding diaryl/α,β-unsaturated/α-hetero) is 1. The lowest BCUT2D eigenvalue weighted by Gasteiger charge is -2.24. The van der Waals surface area contributed by atoms with Gasteiger partial charge in [-0.15, -0.1) is 0 Å². The maximum absolute atomic E-state index is 13.8. The molecule has 0 radical (unpaired) electrons. The third kappa shape index (κ3) is 5.57. The second-order valence-corrected chi connectivity index (χ2v) is 11.7. The van der Waals surface area contributed by atoms with Gasteiger partial charge in [0.1, 0.15) is 19.0 Å². The van der Waals surface area contributed by atoms with Gasteiger partial charge in [-0.1, -0.05) is 43.2 Å². The van der Waals surface area contributed by atoms with Gasteiger partial charge in [-0.3, -0.25) is 14.5 Å². The summed E-state index contributed by atoms with van der Waals surface area (Å²) in [5.41, 5.74) is 2.62. The van der Waals surface area contributed by atoms with E-state index in [2.05, 4.69) is 6.92 Å². The number of amides is 1. The zero-order valence-electron chi connectivity index (χ0n) is 24.9. The van der Waals surface area contributed by atoms with E-state index in [4.69, 9.17) is 23.9 Å². The summed E-state index contributed by atoms with van der Waals surface area (Å²) in [6, 6.07) is 15.2. The second-order valence-electron chi connectivity index (χ2n) is 10.7. The molecule has 1 saturated heterocycles. The van der Waals surface area contributed by atoms with E-state index in [1.54, 1.807) is 36.4 Å². The first-order valence-electron chi connectivity index (χ1n) is 14.9. The minimum Gasteiger partial charge on any atom is -0.507 e. The fourth-order valence-corrected chi connectivity index (χ4v) is 6.52. The molecule has 6 rings (SSSR count). The molecule has 4 aromatic rings. The van der Waals surface area contributed by atoms with Crippen LogP contribution in [0, 0.1) is 6.92 Å². The number of carbonyl (C=O) groups is 2. The Morgan fingerprint density at radius 3 is 2.59 bits per heavy atom. The van der Waals surface area contributed by atoms with Gasteiger partial charge in [0.25, 0.3) is 5.78 Å². The third-order valence-electron chi connectivity index (χ3n) is 7.59. The van der Waals surface area contributed by atoms with Crippen molar-refractivity contribution in [3.8, 4) is 23.0 Å². The van der Waals surface area contributed by atoms with E-state index in [-0.39, 0.29) is 11.3 Å². The minimum atomic E-state index is -0.974. The molecular weight excluding hydrogens is 580 g/mol. The number of nitrogens with zero attached hydrogens (tertiary/aromatic N) is 2. The van der Waals surface area contributed by atoms with Gasteiger partial charge >= 0.3 is 5.91 Å². The number of rotatable bonds is 10. The van der Waals surface area contributed by atoms with Gasteiger partial charge in [0.15, 0.2) is 28.1 Å². The largest absolute Gasteiger partial charge is 0.507 e. The van der Waals surface area contributed by atoms with Crippen molar-refractivity contribution in [1.29, 1.82) is 0 Å². The first-order chi connectivity index (χ1) is 21.4. The highest BCUT2D eigenvalue weighted by atomic mass is 32.1. The number of aliphatic hydroxyl groups excluding tert-OH is 1. The Labute approximate surface area is 259 Å². The molecule has 10 heteroatoms. The zero-order chi connectivity index (χ0) is 30.8. The summed E-state index contributed by atoms with van der Waals surface area (Å²) in [7, 11) is 0. The summed E-state index contributed by atoms with van der Waals surface area (Å²) in [6.45, 7) is 7.72. The van der Waals surface area contributed by atoms with Gasteiger partial charge in [-0.25, -0.2) is 4.98 Å². The average molecular weight is 615 g/mol. The lowest BCUT2D eigenvalue weighted by Crippen LogP contribution is -2.29. The summed E-state index contributed by atoms with van der Waals surface area (Å²) in [6.07, 6.45) is 3.04. The number of benzene rings is 3. The molecule has 2 aliphatic heterocycles. The molecule has 1 unspecified atom stereocenters. The van der Waals surface area contributed by atoms with Crippen molar-refractivity contribution >= 4 is 44.1 Å². The highest BCUT2D eigenvalue weighted by Crippen LogP contribution is 2.46. The molecule has 1 amide bonds. The van der Waals surface area contributed by atoms with Gasteiger partial charge < -0.3 is 24.1 Å². The van der Waals surface area contributed by atoms with Crippen molar-refractivity contribution in [2.75, 3.05) is 31.3 Å². The van der Waals surface area contributed by atoms with Crippen molar-refractivity contribution < 1.29 is 33.6 Å². The number of ketones is 1. The molecule has 0 aliphatic carbocycles. The van der Waals surface area contributed by atoms with E-state index >= 15 is 0 Å². The molecule has 2 aliphatic rings. The number of hydrogen-bond donors (Lipinski definition) is 1. The number of thiazole rings is 1. The van der Waals surface area contributed by atoms with E-state index in [1.165, 1.54) is 16.2 Å². The highest BCUT2D eigenvalue weighted by molar-refractivity contribution is 7.22. The van der Waals surface area contributed by atoms with Crippen LogP contribution in [0.2, 0.25) is 0 Å². The van der Waals surface area contributed by atoms with E-state index in [0.717, 1.165) is 29.5 Å². The van der Waals surface area contributed by atoms with E-state index < -0.39 is 17.7 Å². The Kier molecular flexibility index (Phi) is 8.43. The van der Waals surface area contributed by atoms with Crippen LogP contribution in [-0.4, -0.2) is 48.2 Å². The highest BCUT2D eigenvalue weighted by Gasteiger charge is 2.48. The van der Waals surface area contributed by atoms with Gasteiger partial charge in [0.05, 0.1) is 35.0 Å². The maximum atomic E-state index is 13.8. The fraction of sp³-hybridized carbons (Fsp3) is 0.324. The van der Waals surface area contributed by atoms with Gasteiger partial charge in [0, 0.05) is 5.56 Å². The Balaban J connectivity index is 1.49. The average Bonchev–Trinajstić information content (AvgIpc) is 3.56. The van der Waals surface area contributed by atoms with Gasteiger partial charge in [0.2, 0.25) is 0 Å². The number of carbonyl (C=O) groups excluding carboxylic acids is 2. The number of anilines is 1. The Morgan fingerprint density at radius 2 is 1.80 bits per heavy atom. The van der Waals surface area contributed by atoms with Crippen molar-refractivity contribution in [3.63, 3.8) is 0 Å².